The number of carbonyl (C=O) groups excluding carboxylic acids is 1. The van der Waals surface area contributed by atoms with Crippen molar-refractivity contribution < 1.29 is 4.79 Å². The molecular weight excluding hydrogens is 346 g/mol. The molecule has 0 aliphatic carbocycles. The Kier molecular flexibility index (Phi) is 5.43. The fourth-order valence-corrected chi connectivity index (χ4v) is 3.19. The van der Waals surface area contributed by atoms with Gasteiger partial charge in [0.25, 0.3) is 0 Å². The molecule has 1 aromatic heterocycles. The van der Waals surface area contributed by atoms with Crippen molar-refractivity contribution in [3.05, 3.63) is 82.1 Å². The topological polar surface area (TPSA) is 38.1 Å². The minimum absolute atomic E-state index is 0.0318. The van der Waals surface area contributed by atoms with Gasteiger partial charge in [0, 0.05) is 29.9 Å². The zero-order valence-electron chi connectivity index (χ0n) is 15.2. The second kappa shape index (κ2) is 7.75. The highest BCUT2D eigenvalue weighted by atomic mass is 35.5. The van der Waals surface area contributed by atoms with Crippen molar-refractivity contribution in [2.45, 2.75) is 26.8 Å². The minimum atomic E-state index is 0.0318. The maximum Gasteiger partial charge on any atom is 0.227 e. The van der Waals surface area contributed by atoms with Gasteiger partial charge in [0.2, 0.25) is 5.91 Å². The molecule has 0 aliphatic heterocycles. The molecule has 0 saturated heterocycles. The third kappa shape index (κ3) is 3.81. The summed E-state index contributed by atoms with van der Waals surface area (Å²) in [5.41, 5.74) is 4.92. The van der Waals surface area contributed by atoms with Gasteiger partial charge in [-0.1, -0.05) is 48.0 Å². The summed E-state index contributed by atoms with van der Waals surface area (Å²) < 4.78 is 1.93. The highest BCUT2D eigenvalue weighted by Gasteiger charge is 2.18. The lowest BCUT2D eigenvalue weighted by atomic mass is 10.1. The van der Waals surface area contributed by atoms with Gasteiger partial charge in [-0.25, -0.2) is 4.68 Å². The molecule has 0 aliphatic rings. The summed E-state index contributed by atoms with van der Waals surface area (Å²) in [6, 6.07) is 17.5. The first kappa shape index (κ1) is 18.2. The smallest absolute Gasteiger partial charge is 0.227 e. The Morgan fingerprint density at radius 3 is 2.42 bits per heavy atom. The third-order valence-corrected chi connectivity index (χ3v) is 4.93. The molecule has 0 N–H and O–H groups in total. The predicted molar refractivity (Wildman–Crippen MR) is 105 cm³/mol. The number of para-hydroxylation sites is 1. The highest BCUT2D eigenvalue weighted by Crippen LogP contribution is 2.20. The number of halogens is 1. The fourth-order valence-electron chi connectivity index (χ4n) is 2.99. The van der Waals surface area contributed by atoms with Crippen LogP contribution in [0.15, 0.2) is 54.6 Å². The molecule has 0 bridgehead atoms. The first-order valence-corrected chi connectivity index (χ1v) is 8.93. The van der Waals surface area contributed by atoms with E-state index >= 15 is 0 Å². The fraction of sp³-hybridized carbons (Fsp3) is 0.238. The lowest BCUT2D eigenvalue weighted by Crippen LogP contribution is -2.28. The average molecular weight is 368 g/mol. The number of amides is 1. The lowest BCUT2D eigenvalue weighted by molar-refractivity contribution is -0.129. The molecule has 26 heavy (non-hydrogen) atoms. The second-order valence-electron chi connectivity index (χ2n) is 6.41. The molecule has 4 nitrogen and oxygen atoms in total. The van der Waals surface area contributed by atoms with Crippen LogP contribution in [0.3, 0.4) is 0 Å². The summed E-state index contributed by atoms with van der Waals surface area (Å²) in [5, 5.41) is 5.27. The quantitative estimate of drug-likeness (QED) is 0.672. The number of likely N-dealkylation sites (N-methyl/N-ethyl adjacent to an activating group) is 1. The summed E-state index contributed by atoms with van der Waals surface area (Å²) in [7, 11) is 1.82. The number of aryl methyl sites for hydroxylation is 1. The van der Waals surface area contributed by atoms with Crippen molar-refractivity contribution in [2.75, 3.05) is 7.05 Å². The molecule has 0 spiro atoms. The van der Waals surface area contributed by atoms with E-state index in [-0.39, 0.29) is 5.91 Å². The number of nitrogens with zero attached hydrogens (tertiary/aromatic N) is 3. The molecule has 134 valence electrons. The summed E-state index contributed by atoms with van der Waals surface area (Å²) >= 11 is 6.17. The molecule has 0 unspecified atom stereocenters. The van der Waals surface area contributed by atoms with Gasteiger partial charge in [0.05, 0.1) is 17.8 Å². The normalized spacial score (nSPS) is 10.8. The van der Waals surface area contributed by atoms with Crippen molar-refractivity contribution >= 4 is 17.5 Å². The maximum absolute atomic E-state index is 12.6. The largest absolute Gasteiger partial charge is 0.341 e. The molecule has 0 atom stereocenters. The number of benzene rings is 2. The van der Waals surface area contributed by atoms with Crippen molar-refractivity contribution in [3.63, 3.8) is 0 Å². The van der Waals surface area contributed by atoms with Crippen LogP contribution in [0.1, 0.15) is 22.5 Å². The lowest BCUT2D eigenvalue weighted by Gasteiger charge is -2.18. The Morgan fingerprint density at radius 2 is 1.73 bits per heavy atom. The molecule has 0 fully saturated rings. The van der Waals surface area contributed by atoms with E-state index < -0.39 is 0 Å². The van der Waals surface area contributed by atoms with Gasteiger partial charge in [0.1, 0.15) is 0 Å². The third-order valence-electron chi connectivity index (χ3n) is 4.56. The van der Waals surface area contributed by atoms with Crippen LogP contribution in [0.5, 0.6) is 0 Å². The van der Waals surface area contributed by atoms with Gasteiger partial charge < -0.3 is 4.90 Å². The minimum Gasteiger partial charge on any atom is -0.341 e. The molecule has 3 aromatic rings. The van der Waals surface area contributed by atoms with E-state index in [2.05, 4.69) is 5.10 Å². The van der Waals surface area contributed by atoms with Crippen LogP contribution in [-0.2, 0) is 17.8 Å². The number of hydrogen-bond donors (Lipinski definition) is 0. The number of aromatic nitrogens is 2. The summed E-state index contributed by atoms with van der Waals surface area (Å²) in [6.07, 6.45) is 0.293. The van der Waals surface area contributed by atoms with E-state index in [0.717, 1.165) is 28.2 Å². The van der Waals surface area contributed by atoms with Crippen molar-refractivity contribution in [2.24, 2.45) is 0 Å². The molecule has 0 radical (unpaired) electrons. The Labute approximate surface area is 159 Å². The van der Waals surface area contributed by atoms with Gasteiger partial charge in [-0.2, -0.15) is 5.10 Å². The summed E-state index contributed by atoms with van der Waals surface area (Å²) in [6.45, 7) is 4.54. The highest BCUT2D eigenvalue weighted by molar-refractivity contribution is 6.31. The van der Waals surface area contributed by atoms with Crippen LogP contribution in [0.2, 0.25) is 5.02 Å². The van der Waals surface area contributed by atoms with E-state index in [4.69, 9.17) is 11.6 Å². The van der Waals surface area contributed by atoms with Crippen LogP contribution in [0, 0.1) is 13.8 Å². The van der Waals surface area contributed by atoms with Gasteiger partial charge in [-0.3, -0.25) is 4.79 Å². The maximum atomic E-state index is 12.6. The molecule has 1 heterocycles. The summed E-state index contributed by atoms with van der Waals surface area (Å²) in [4.78, 5) is 14.3. The molecule has 2 aromatic carbocycles. The molecule has 1 amide bonds. The number of rotatable bonds is 5. The molecule has 0 saturated carbocycles. The predicted octanol–water partition coefficient (Wildman–Crippen LogP) is 4.34. The molecule has 3 rings (SSSR count). The standard InChI is InChI=1S/C21H22ClN3O/c1-15-19(16(2)25(23-15)18-10-5-4-6-11-18)14-24(3)21(26)13-17-9-7-8-12-20(17)22/h4-12H,13-14H2,1-3H3. The SMILES string of the molecule is Cc1nn(-c2ccccc2)c(C)c1CN(C)C(=O)Cc1ccccc1Cl. The Morgan fingerprint density at radius 1 is 1.08 bits per heavy atom. The van der Waals surface area contributed by atoms with Crippen molar-refractivity contribution in [1.29, 1.82) is 0 Å². The van der Waals surface area contributed by atoms with Crippen molar-refractivity contribution in [1.82, 2.24) is 14.7 Å². The average Bonchev–Trinajstić information content (AvgIpc) is 2.92. The summed E-state index contributed by atoms with van der Waals surface area (Å²) in [5.74, 6) is 0.0318. The van der Waals surface area contributed by atoms with E-state index in [1.54, 1.807) is 4.90 Å². The van der Waals surface area contributed by atoms with Gasteiger partial charge in [-0.05, 0) is 37.6 Å². The Hall–Kier alpha value is -2.59. The first-order chi connectivity index (χ1) is 12.5. The zero-order chi connectivity index (χ0) is 18.7. The van der Waals surface area contributed by atoms with E-state index in [1.165, 1.54) is 0 Å². The van der Waals surface area contributed by atoms with Gasteiger partial charge in [-0.15, -0.1) is 0 Å². The van der Waals surface area contributed by atoms with Gasteiger partial charge >= 0.3 is 0 Å². The van der Waals surface area contributed by atoms with E-state index in [1.807, 2.05) is 80.2 Å². The van der Waals surface area contributed by atoms with Crippen LogP contribution in [0.4, 0.5) is 0 Å². The van der Waals surface area contributed by atoms with Crippen LogP contribution >= 0.6 is 11.6 Å². The van der Waals surface area contributed by atoms with Crippen LogP contribution < -0.4 is 0 Å². The van der Waals surface area contributed by atoms with E-state index in [9.17, 15) is 4.79 Å². The monoisotopic (exact) mass is 367 g/mol. The van der Waals surface area contributed by atoms with Crippen LogP contribution in [-0.4, -0.2) is 27.6 Å². The molecular formula is C21H22ClN3O. The molecule has 5 heteroatoms. The second-order valence-corrected chi connectivity index (χ2v) is 6.82. The van der Waals surface area contributed by atoms with Crippen molar-refractivity contribution in [3.8, 4) is 5.69 Å². The zero-order valence-corrected chi connectivity index (χ0v) is 16.0. The van der Waals surface area contributed by atoms with E-state index in [0.29, 0.717) is 18.0 Å². The van der Waals surface area contributed by atoms with Crippen LogP contribution in [0.25, 0.3) is 5.69 Å². The Balaban J connectivity index is 1.77. The number of hydrogen-bond acceptors (Lipinski definition) is 2. The Bertz CT molecular complexity index is 918. The van der Waals surface area contributed by atoms with Gasteiger partial charge in [0.15, 0.2) is 0 Å². The number of carbonyl (C=O) groups is 1. The first-order valence-electron chi connectivity index (χ1n) is 8.55.